The van der Waals surface area contributed by atoms with E-state index >= 15 is 0 Å². The molecular formula is C24H40BNO4. The van der Waals surface area contributed by atoms with E-state index in [-0.39, 0.29) is 42.0 Å². The Hall–Kier alpha value is -1.50. The number of Topliss-reactive ketones (excluding diaryl/α,β-unsaturated/α-hetero) is 2. The molecule has 1 aliphatic heterocycles. The molecule has 1 fully saturated rings. The van der Waals surface area contributed by atoms with Gasteiger partial charge in [-0.3, -0.25) is 14.9 Å². The minimum absolute atomic E-state index is 0.0648. The van der Waals surface area contributed by atoms with Crippen molar-refractivity contribution in [3.63, 3.8) is 0 Å². The third kappa shape index (κ3) is 8.33. The summed E-state index contributed by atoms with van der Waals surface area (Å²) in [6.07, 6.45) is 1.38. The Labute approximate surface area is 183 Å². The molecule has 0 saturated carbocycles. The van der Waals surface area contributed by atoms with E-state index in [4.69, 9.17) is 9.31 Å². The summed E-state index contributed by atoms with van der Waals surface area (Å²) < 4.78 is 11.1. The van der Waals surface area contributed by atoms with Crippen LogP contribution in [0.2, 0.25) is 6.82 Å². The van der Waals surface area contributed by atoms with Crippen molar-refractivity contribution in [1.29, 1.82) is 0 Å². The van der Waals surface area contributed by atoms with Crippen molar-refractivity contribution in [2.45, 2.75) is 98.3 Å². The average molecular weight is 417 g/mol. The van der Waals surface area contributed by atoms with Gasteiger partial charge in [0.2, 0.25) is 0 Å². The summed E-state index contributed by atoms with van der Waals surface area (Å²) in [6, 6.07) is 9.34. The number of ketones is 2. The molecule has 168 valence electrons. The number of benzene rings is 1. The highest BCUT2D eigenvalue weighted by atomic mass is 16.7. The van der Waals surface area contributed by atoms with Gasteiger partial charge in [0.1, 0.15) is 11.6 Å². The minimum Gasteiger partial charge on any atom is -0.403 e. The van der Waals surface area contributed by atoms with Crippen molar-refractivity contribution in [2.75, 3.05) is 0 Å². The summed E-state index contributed by atoms with van der Waals surface area (Å²) in [5, 5.41) is 3.23. The van der Waals surface area contributed by atoms with Gasteiger partial charge in [0.05, 0.1) is 23.3 Å². The van der Waals surface area contributed by atoms with Crippen molar-refractivity contribution in [3.05, 3.63) is 35.9 Å². The molecule has 1 N–H and O–H groups in total. The van der Waals surface area contributed by atoms with Crippen LogP contribution in [0.4, 0.5) is 0 Å². The van der Waals surface area contributed by atoms with Crippen molar-refractivity contribution in [2.24, 2.45) is 5.92 Å². The van der Waals surface area contributed by atoms with Crippen LogP contribution in [0.3, 0.4) is 0 Å². The second-order valence-electron chi connectivity index (χ2n) is 9.64. The second-order valence-corrected chi connectivity index (χ2v) is 9.64. The van der Waals surface area contributed by atoms with Crippen LogP contribution in [0.25, 0.3) is 0 Å². The molecule has 0 aliphatic carbocycles. The fourth-order valence-electron chi connectivity index (χ4n) is 3.37. The Morgan fingerprint density at radius 1 is 0.933 bits per heavy atom. The van der Waals surface area contributed by atoms with Gasteiger partial charge in [0.15, 0.2) is 0 Å². The molecular weight excluding hydrogens is 377 g/mol. The lowest BCUT2D eigenvalue weighted by Crippen LogP contribution is -2.47. The van der Waals surface area contributed by atoms with Crippen LogP contribution in [-0.2, 0) is 25.3 Å². The minimum atomic E-state index is -0.301. The third-order valence-electron chi connectivity index (χ3n) is 5.74. The molecule has 1 heterocycles. The third-order valence-corrected chi connectivity index (χ3v) is 5.74. The maximum absolute atomic E-state index is 11.8. The molecule has 30 heavy (non-hydrogen) atoms. The molecule has 1 aliphatic rings. The predicted octanol–water partition coefficient (Wildman–Crippen LogP) is 4.49. The van der Waals surface area contributed by atoms with E-state index in [0.29, 0.717) is 12.3 Å². The van der Waals surface area contributed by atoms with Crippen LogP contribution in [0, 0.1) is 5.92 Å². The monoisotopic (exact) mass is 417 g/mol. The van der Waals surface area contributed by atoms with Crippen molar-refractivity contribution in [1.82, 2.24) is 5.32 Å². The van der Waals surface area contributed by atoms with E-state index in [9.17, 15) is 9.59 Å². The van der Waals surface area contributed by atoms with E-state index in [1.807, 2.05) is 37.2 Å². The Kier molecular flexibility index (Phi) is 9.92. The summed E-state index contributed by atoms with van der Waals surface area (Å²) in [5.41, 5.74) is 0.783. The lowest BCUT2D eigenvalue weighted by atomic mass is 9.90. The van der Waals surface area contributed by atoms with E-state index < -0.39 is 0 Å². The standard InChI is InChI=1S/C17H25NO2.C7H15BO2/c1-12(2)10-16(13(3)19)18-17(14(4)20)11-15-8-6-5-7-9-15;1-6(2)7(3,4)10-8(5)9-6/h5-9,12,16-18H,10-11H2,1-4H3;1-5H3/t16-,17-;/m0./s1. The largest absolute Gasteiger partial charge is 0.454 e. The predicted molar refractivity (Wildman–Crippen MR) is 124 cm³/mol. The van der Waals surface area contributed by atoms with E-state index in [0.717, 1.165) is 12.0 Å². The summed E-state index contributed by atoms with van der Waals surface area (Å²) in [6.45, 7) is 17.5. The zero-order chi connectivity index (χ0) is 23.1. The molecule has 1 saturated heterocycles. The normalized spacial score (nSPS) is 19.1. The van der Waals surface area contributed by atoms with Gasteiger partial charge >= 0.3 is 7.12 Å². The van der Waals surface area contributed by atoms with Crippen LogP contribution in [-0.4, -0.2) is 42.0 Å². The number of hydrogen-bond donors (Lipinski definition) is 1. The number of rotatable bonds is 8. The maximum Gasteiger partial charge on any atom is 0.454 e. The van der Waals surface area contributed by atoms with Crippen LogP contribution < -0.4 is 5.32 Å². The number of hydrogen-bond acceptors (Lipinski definition) is 5. The average Bonchev–Trinajstić information content (AvgIpc) is 2.79. The molecule has 0 amide bonds. The first-order valence-corrected chi connectivity index (χ1v) is 10.9. The van der Waals surface area contributed by atoms with E-state index in [2.05, 4.69) is 46.9 Å². The summed E-state index contributed by atoms with van der Waals surface area (Å²) >= 11 is 0. The Balaban J connectivity index is 0.000000375. The van der Waals surface area contributed by atoms with E-state index in [1.54, 1.807) is 13.8 Å². The molecule has 1 aromatic carbocycles. The van der Waals surface area contributed by atoms with Gasteiger partial charge in [-0.05, 0) is 72.7 Å². The summed E-state index contributed by atoms with van der Waals surface area (Å²) in [7, 11) is -0.0648. The maximum atomic E-state index is 11.8. The van der Waals surface area contributed by atoms with Crippen molar-refractivity contribution in [3.8, 4) is 0 Å². The first kappa shape index (κ1) is 26.5. The highest BCUT2D eigenvalue weighted by Gasteiger charge is 2.48. The van der Waals surface area contributed by atoms with Crippen LogP contribution in [0.5, 0.6) is 0 Å². The molecule has 0 radical (unpaired) electrons. The molecule has 5 nitrogen and oxygen atoms in total. The highest BCUT2D eigenvalue weighted by molar-refractivity contribution is 6.43. The molecule has 1 aromatic rings. The first-order valence-electron chi connectivity index (χ1n) is 10.9. The zero-order valence-corrected chi connectivity index (χ0v) is 20.2. The summed E-state index contributed by atoms with van der Waals surface area (Å²) in [4.78, 5) is 23.5. The van der Waals surface area contributed by atoms with Crippen molar-refractivity contribution >= 4 is 18.7 Å². The topological polar surface area (TPSA) is 64.6 Å². The molecule has 0 aromatic heterocycles. The van der Waals surface area contributed by atoms with Crippen LogP contribution >= 0.6 is 0 Å². The van der Waals surface area contributed by atoms with Gasteiger partial charge in [-0.25, -0.2) is 0 Å². The van der Waals surface area contributed by atoms with Gasteiger partial charge in [-0.2, -0.15) is 0 Å². The van der Waals surface area contributed by atoms with Crippen LogP contribution in [0.1, 0.15) is 67.4 Å². The molecule has 2 atom stereocenters. The SMILES string of the molecule is CB1OC(C)(C)C(C)(C)O1.CC(=O)[C@H](Cc1ccccc1)N[C@@H](CC(C)C)C(C)=O. The van der Waals surface area contributed by atoms with Gasteiger partial charge in [-0.15, -0.1) is 0 Å². The molecule has 6 heteroatoms. The van der Waals surface area contributed by atoms with Crippen molar-refractivity contribution < 1.29 is 18.9 Å². The quantitative estimate of drug-likeness (QED) is 0.632. The molecule has 0 bridgehead atoms. The Morgan fingerprint density at radius 3 is 1.73 bits per heavy atom. The Bertz CT molecular complexity index is 672. The smallest absolute Gasteiger partial charge is 0.403 e. The fourth-order valence-corrected chi connectivity index (χ4v) is 3.37. The van der Waals surface area contributed by atoms with Gasteiger partial charge < -0.3 is 9.31 Å². The number of nitrogens with one attached hydrogen (secondary N) is 1. The highest BCUT2D eigenvalue weighted by Crippen LogP contribution is 2.36. The van der Waals surface area contributed by atoms with Gasteiger partial charge in [0.25, 0.3) is 0 Å². The second kappa shape index (κ2) is 11.2. The van der Waals surface area contributed by atoms with Crippen LogP contribution in [0.15, 0.2) is 30.3 Å². The number of carbonyl (C=O) groups excluding carboxylic acids is 2. The molecule has 0 unspecified atom stereocenters. The molecule has 2 rings (SSSR count). The lowest BCUT2D eigenvalue weighted by molar-refractivity contribution is -0.121. The van der Waals surface area contributed by atoms with E-state index in [1.165, 1.54) is 0 Å². The first-order chi connectivity index (χ1) is 13.7. The van der Waals surface area contributed by atoms with Gasteiger partial charge in [-0.1, -0.05) is 44.2 Å². The Morgan fingerprint density at radius 2 is 1.40 bits per heavy atom. The zero-order valence-electron chi connectivity index (χ0n) is 20.2. The lowest BCUT2D eigenvalue weighted by Gasteiger charge is -2.32. The van der Waals surface area contributed by atoms with Gasteiger partial charge in [0, 0.05) is 0 Å². The summed E-state index contributed by atoms with van der Waals surface area (Å²) in [5.74, 6) is 0.586. The number of carbonyl (C=O) groups is 2. The molecule has 0 spiro atoms. The fraction of sp³-hybridized carbons (Fsp3) is 0.667.